The van der Waals surface area contributed by atoms with Gasteiger partial charge < -0.3 is 20.4 Å². The summed E-state index contributed by atoms with van der Waals surface area (Å²) in [7, 11) is 0. The Bertz CT molecular complexity index is 598. The number of likely N-dealkylation sites (tertiary alicyclic amines) is 2. The first kappa shape index (κ1) is 34.2. The van der Waals surface area contributed by atoms with Crippen molar-refractivity contribution in [2.24, 2.45) is 17.3 Å². The lowest BCUT2D eigenvalue weighted by Gasteiger charge is -2.22. The van der Waals surface area contributed by atoms with Crippen LogP contribution < -0.4 is 10.6 Å². The lowest BCUT2D eigenvalue weighted by molar-refractivity contribution is -0.129. The van der Waals surface area contributed by atoms with Gasteiger partial charge in [0.2, 0.25) is 12.3 Å². The molecule has 0 aliphatic carbocycles. The number of urea groups is 1. The first-order valence-electron chi connectivity index (χ1n) is 12.5. The molecule has 0 bridgehead atoms. The van der Waals surface area contributed by atoms with Crippen LogP contribution in [-0.4, -0.2) is 72.8 Å². The molecule has 2 aliphatic rings. The number of carbonyl (C=O) groups is 3. The van der Waals surface area contributed by atoms with Gasteiger partial charge in [0, 0.05) is 32.1 Å². The number of carbonyl (C=O) groups excluding carboxylic acids is 3. The van der Waals surface area contributed by atoms with Crippen molar-refractivity contribution in [3.05, 3.63) is 0 Å². The van der Waals surface area contributed by atoms with E-state index in [1.165, 1.54) is 0 Å². The minimum Gasteiger partial charge on any atom is -0.356 e. The van der Waals surface area contributed by atoms with E-state index < -0.39 is 18.5 Å². The monoisotopic (exact) mass is 492 g/mol. The Hall–Kier alpha value is -1.93. The van der Waals surface area contributed by atoms with E-state index in [4.69, 9.17) is 0 Å². The highest BCUT2D eigenvalue weighted by Gasteiger charge is 2.41. The van der Waals surface area contributed by atoms with Crippen molar-refractivity contribution in [3.63, 3.8) is 0 Å². The Morgan fingerprint density at radius 2 is 1.62 bits per heavy atom. The van der Waals surface area contributed by atoms with Crippen molar-refractivity contribution >= 4 is 18.3 Å². The molecule has 2 aliphatic heterocycles. The maximum absolute atomic E-state index is 13.0. The molecule has 0 aromatic rings. The third-order valence-electron chi connectivity index (χ3n) is 5.59. The first-order chi connectivity index (χ1) is 15.6. The van der Waals surface area contributed by atoms with E-state index in [1.807, 2.05) is 27.7 Å². The third-order valence-corrected chi connectivity index (χ3v) is 5.59. The van der Waals surface area contributed by atoms with Gasteiger partial charge in [0.05, 0.1) is 13.1 Å². The van der Waals surface area contributed by atoms with Crippen LogP contribution in [0.4, 0.5) is 13.6 Å². The largest absolute Gasteiger partial charge is 0.356 e. The van der Waals surface area contributed by atoms with Crippen LogP contribution in [0, 0.1) is 17.3 Å². The third kappa shape index (κ3) is 14.4. The van der Waals surface area contributed by atoms with Crippen LogP contribution in [-0.2, 0) is 9.59 Å². The Morgan fingerprint density at radius 1 is 1.09 bits per heavy atom. The van der Waals surface area contributed by atoms with Gasteiger partial charge >= 0.3 is 6.03 Å². The fraction of sp³-hybridized carbons (Fsp3) is 0.880. The van der Waals surface area contributed by atoms with E-state index >= 15 is 0 Å². The average molecular weight is 493 g/mol. The molecule has 9 heteroatoms. The molecule has 202 valence electrons. The van der Waals surface area contributed by atoms with Gasteiger partial charge in [0.15, 0.2) is 0 Å². The Balaban J connectivity index is 0. The van der Waals surface area contributed by atoms with Crippen LogP contribution in [0.15, 0.2) is 0 Å². The molecule has 4 amide bonds. The topological polar surface area (TPSA) is 81.8 Å². The smallest absolute Gasteiger partial charge is 0.318 e. The number of amides is 4. The Morgan fingerprint density at radius 3 is 1.94 bits per heavy atom. The number of nitrogens with one attached hydrogen (secondary N) is 2. The summed E-state index contributed by atoms with van der Waals surface area (Å²) in [6.45, 7) is 21.5. The van der Waals surface area contributed by atoms with Gasteiger partial charge in [-0.25, -0.2) is 13.6 Å². The van der Waals surface area contributed by atoms with Gasteiger partial charge in [-0.3, -0.25) is 9.59 Å². The van der Waals surface area contributed by atoms with E-state index in [1.54, 1.807) is 4.90 Å². The predicted octanol–water partition coefficient (Wildman–Crippen LogP) is 4.76. The molecule has 0 aromatic heterocycles. The van der Waals surface area contributed by atoms with Crippen molar-refractivity contribution in [3.8, 4) is 0 Å². The number of nitrogens with zero attached hydrogens (tertiary/aromatic N) is 2. The van der Waals surface area contributed by atoms with Gasteiger partial charge in [0.25, 0.3) is 5.92 Å². The van der Waals surface area contributed by atoms with Crippen LogP contribution in [0.1, 0.15) is 82.1 Å². The average Bonchev–Trinajstić information content (AvgIpc) is 3.25. The normalized spacial score (nSPS) is 20.6. The van der Waals surface area contributed by atoms with Crippen molar-refractivity contribution in [2.45, 2.75) is 94.0 Å². The molecular weight excluding hydrogens is 442 g/mol. The number of hydrogen-bond donors (Lipinski definition) is 2. The summed E-state index contributed by atoms with van der Waals surface area (Å²) in [5.41, 5.74) is 0.0661. The molecule has 2 heterocycles. The molecule has 2 rings (SSSR count). The van der Waals surface area contributed by atoms with Gasteiger partial charge in [-0.2, -0.15) is 0 Å². The fourth-order valence-corrected chi connectivity index (χ4v) is 3.00. The molecule has 0 radical (unpaired) electrons. The quantitative estimate of drug-likeness (QED) is 0.543. The standard InChI is InChI=1S/C14H23F2N3O2.C5H11NO.C4H10.C2H6/c1-10-7-19(8-13(10,2)3)11(20)6-17-12(21)18-5-4-14(15,16)9-18;1-3-5(2)6-4-7;1-4(2)3;1-2/h10H,4-9H2,1-3H3,(H,17,21);4-5H,3H2,1-2H3,(H,6,7);4H,1-3H3;1-2H3. The van der Waals surface area contributed by atoms with Crippen LogP contribution in [0.25, 0.3) is 0 Å². The molecular formula is C25H50F2N4O3. The number of rotatable bonds is 5. The highest BCUT2D eigenvalue weighted by Crippen LogP contribution is 2.34. The zero-order chi connectivity index (χ0) is 27.1. The summed E-state index contributed by atoms with van der Waals surface area (Å²) in [5, 5.41) is 5.06. The zero-order valence-electron chi connectivity index (χ0n) is 23.1. The summed E-state index contributed by atoms with van der Waals surface area (Å²) < 4.78 is 26.1. The minimum absolute atomic E-state index is 0.0286. The number of halogens is 2. The van der Waals surface area contributed by atoms with Gasteiger partial charge in [-0.1, -0.05) is 62.3 Å². The minimum atomic E-state index is -2.81. The first-order valence-corrected chi connectivity index (χ1v) is 12.5. The second-order valence-electron chi connectivity index (χ2n) is 10.2. The lowest BCUT2D eigenvalue weighted by atomic mass is 9.84. The molecule has 0 aromatic carbocycles. The second-order valence-corrected chi connectivity index (χ2v) is 10.2. The Kier molecular flexibility index (Phi) is 16.8. The van der Waals surface area contributed by atoms with Crippen molar-refractivity contribution in [1.29, 1.82) is 0 Å². The molecule has 2 fully saturated rings. The highest BCUT2D eigenvalue weighted by molar-refractivity contribution is 5.84. The predicted molar refractivity (Wildman–Crippen MR) is 135 cm³/mol. The van der Waals surface area contributed by atoms with E-state index in [0.29, 0.717) is 25.0 Å². The van der Waals surface area contributed by atoms with Crippen LogP contribution in [0.5, 0.6) is 0 Å². The van der Waals surface area contributed by atoms with E-state index in [2.05, 4.69) is 52.2 Å². The fourth-order valence-electron chi connectivity index (χ4n) is 3.00. The lowest BCUT2D eigenvalue weighted by Crippen LogP contribution is -2.45. The van der Waals surface area contributed by atoms with Crippen LogP contribution >= 0.6 is 0 Å². The van der Waals surface area contributed by atoms with E-state index in [0.717, 1.165) is 23.6 Å². The molecule has 2 unspecified atom stereocenters. The second kappa shape index (κ2) is 16.7. The summed E-state index contributed by atoms with van der Waals surface area (Å²) in [4.78, 5) is 36.3. The number of hydrogen-bond acceptors (Lipinski definition) is 3. The number of alkyl halides is 2. The van der Waals surface area contributed by atoms with Gasteiger partial charge in [0.1, 0.15) is 0 Å². The molecule has 2 atom stereocenters. The molecule has 34 heavy (non-hydrogen) atoms. The summed E-state index contributed by atoms with van der Waals surface area (Å²) in [5.74, 6) is -1.74. The van der Waals surface area contributed by atoms with Crippen LogP contribution in [0.2, 0.25) is 0 Å². The summed E-state index contributed by atoms with van der Waals surface area (Å²) in [6.07, 6.45) is 1.42. The summed E-state index contributed by atoms with van der Waals surface area (Å²) >= 11 is 0. The van der Waals surface area contributed by atoms with Crippen molar-refractivity contribution in [1.82, 2.24) is 20.4 Å². The van der Waals surface area contributed by atoms with E-state index in [-0.39, 0.29) is 30.8 Å². The summed E-state index contributed by atoms with van der Waals surface area (Å²) in [6, 6.07) is -0.260. The van der Waals surface area contributed by atoms with Gasteiger partial charge in [-0.15, -0.1) is 0 Å². The molecule has 0 spiro atoms. The highest BCUT2D eigenvalue weighted by atomic mass is 19.3. The maximum Gasteiger partial charge on any atom is 0.318 e. The van der Waals surface area contributed by atoms with Crippen molar-refractivity contribution < 1.29 is 23.2 Å². The SMILES string of the molecule is CC.CC(C)C.CC1CN(C(=O)CNC(=O)N2CCC(F)(F)C2)CC1(C)C.CCC(C)NC=O. The zero-order valence-corrected chi connectivity index (χ0v) is 23.1. The van der Waals surface area contributed by atoms with Crippen LogP contribution in [0.3, 0.4) is 0 Å². The molecule has 0 saturated carbocycles. The molecule has 2 N–H and O–H groups in total. The van der Waals surface area contributed by atoms with Crippen molar-refractivity contribution in [2.75, 3.05) is 32.7 Å². The molecule has 2 saturated heterocycles. The Labute approximate surface area is 206 Å². The van der Waals surface area contributed by atoms with Gasteiger partial charge in [-0.05, 0) is 30.6 Å². The molecule has 7 nitrogen and oxygen atoms in total. The van der Waals surface area contributed by atoms with E-state index in [9.17, 15) is 23.2 Å². The maximum atomic E-state index is 13.0.